The van der Waals surface area contributed by atoms with Crippen molar-refractivity contribution in [1.82, 2.24) is 0 Å². The maximum atomic E-state index is 13.1. The zero-order valence-corrected chi connectivity index (χ0v) is 64.1. The Balaban J connectivity index is 5.14. The lowest BCUT2D eigenvalue weighted by atomic mass is 10.0. The smallest absolute Gasteiger partial charge is 0.462 e. The van der Waals surface area contributed by atoms with Gasteiger partial charge in [0.2, 0.25) is 0 Å². The number of rotatable bonds is 73. The molecular weight excluding hydrogens is 1250 g/mol. The number of aliphatic hydroxyl groups is 1. The van der Waals surface area contributed by atoms with Crippen molar-refractivity contribution in [3.63, 3.8) is 0 Å². The van der Waals surface area contributed by atoms with Crippen LogP contribution in [0.25, 0.3) is 0 Å². The highest BCUT2D eigenvalue weighted by Crippen LogP contribution is 2.45. The Kier molecular flexibility index (Phi) is 64.0. The van der Waals surface area contributed by atoms with Gasteiger partial charge in [-0.1, -0.05) is 331 Å². The predicted octanol–water partition coefficient (Wildman–Crippen LogP) is 22.0. The van der Waals surface area contributed by atoms with Crippen LogP contribution in [0.3, 0.4) is 0 Å². The van der Waals surface area contributed by atoms with E-state index >= 15 is 0 Å². The van der Waals surface area contributed by atoms with Gasteiger partial charge in [0, 0.05) is 25.7 Å². The maximum Gasteiger partial charge on any atom is 0.472 e. The second kappa shape index (κ2) is 65.4. The summed E-state index contributed by atoms with van der Waals surface area (Å²) < 4.78 is 68.4. The number of phosphoric acid groups is 2. The van der Waals surface area contributed by atoms with Crippen LogP contribution in [-0.2, 0) is 65.4 Å². The molecule has 0 aromatic rings. The minimum atomic E-state index is -4.96. The van der Waals surface area contributed by atoms with E-state index in [4.69, 9.17) is 37.0 Å². The Morgan fingerprint density at radius 2 is 0.442 bits per heavy atom. The minimum absolute atomic E-state index is 0.103. The molecule has 0 aliphatic carbocycles. The molecule has 17 nitrogen and oxygen atoms in total. The molecule has 0 saturated heterocycles. The highest BCUT2D eigenvalue weighted by atomic mass is 31.2. The Morgan fingerprint density at radius 1 is 0.263 bits per heavy atom. The molecule has 0 aliphatic heterocycles. The molecule has 0 rings (SSSR count). The molecule has 0 radical (unpaired) electrons. The zero-order valence-electron chi connectivity index (χ0n) is 62.3. The van der Waals surface area contributed by atoms with Gasteiger partial charge in [0.15, 0.2) is 12.2 Å². The van der Waals surface area contributed by atoms with Crippen LogP contribution in [0.15, 0.2) is 0 Å². The highest BCUT2D eigenvalue weighted by Gasteiger charge is 2.30. The quantitative estimate of drug-likeness (QED) is 0.0222. The molecule has 0 aromatic carbocycles. The van der Waals surface area contributed by atoms with Gasteiger partial charge in [-0.05, 0) is 49.4 Å². The summed E-state index contributed by atoms with van der Waals surface area (Å²) in [4.78, 5) is 72.7. The summed E-state index contributed by atoms with van der Waals surface area (Å²) >= 11 is 0. The van der Waals surface area contributed by atoms with Crippen LogP contribution in [0.4, 0.5) is 0 Å². The summed E-state index contributed by atoms with van der Waals surface area (Å²) in [5, 5.41) is 10.6. The Bertz CT molecular complexity index is 1870. The Morgan fingerprint density at radius 3 is 0.653 bits per heavy atom. The first-order chi connectivity index (χ1) is 45.6. The highest BCUT2D eigenvalue weighted by molar-refractivity contribution is 7.47. The predicted molar refractivity (Wildman–Crippen MR) is 386 cm³/mol. The number of phosphoric ester groups is 2. The second-order valence-electron chi connectivity index (χ2n) is 29.3. The van der Waals surface area contributed by atoms with E-state index in [1.54, 1.807) is 0 Å². The van der Waals surface area contributed by atoms with E-state index in [9.17, 15) is 43.2 Å². The molecule has 3 unspecified atom stereocenters. The fraction of sp³-hybridized carbons (Fsp3) is 0.947. The van der Waals surface area contributed by atoms with Gasteiger partial charge < -0.3 is 33.8 Å². The van der Waals surface area contributed by atoms with E-state index in [0.29, 0.717) is 37.5 Å². The summed E-state index contributed by atoms with van der Waals surface area (Å²) in [6.45, 7) is 14.1. The third-order valence-electron chi connectivity index (χ3n) is 17.6. The van der Waals surface area contributed by atoms with E-state index in [-0.39, 0.29) is 25.7 Å². The largest absolute Gasteiger partial charge is 0.472 e. The topological polar surface area (TPSA) is 237 Å². The van der Waals surface area contributed by atoms with Crippen LogP contribution < -0.4 is 0 Å². The minimum Gasteiger partial charge on any atom is -0.462 e. The number of ether oxygens (including phenoxy) is 4. The van der Waals surface area contributed by atoms with Crippen molar-refractivity contribution in [1.29, 1.82) is 0 Å². The van der Waals surface area contributed by atoms with Crippen LogP contribution in [0, 0.1) is 23.7 Å². The fourth-order valence-electron chi connectivity index (χ4n) is 11.6. The van der Waals surface area contributed by atoms with E-state index in [1.165, 1.54) is 180 Å². The van der Waals surface area contributed by atoms with E-state index in [0.717, 1.165) is 108 Å². The van der Waals surface area contributed by atoms with Crippen LogP contribution in [0.2, 0.25) is 0 Å². The first-order valence-corrected chi connectivity index (χ1v) is 42.2. The molecule has 0 aliphatic rings. The molecule has 3 N–H and O–H groups in total. The van der Waals surface area contributed by atoms with Crippen molar-refractivity contribution in [2.75, 3.05) is 39.6 Å². The molecular formula is C76H148O17P2. The van der Waals surface area contributed by atoms with E-state index in [2.05, 4.69) is 55.4 Å². The number of unbranched alkanes of at least 4 members (excludes halogenated alkanes) is 39. The van der Waals surface area contributed by atoms with E-state index < -0.39 is 97.5 Å². The third-order valence-corrected chi connectivity index (χ3v) is 19.5. The fourth-order valence-corrected chi connectivity index (χ4v) is 13.1. The lowest BCUT2D eigenvalue weighted by molar-refractivity contribution is -0.161. The van der Waals surface area contributed by atoms with Gasteiger partial charge in [0.05, 0.1) is 26.4 Å². The van der Waals surface area contributed by atoms with Crippen molar-refractivity contribution >= 4 is 39.5 Å². The maximum absolute atomic E-state index is 13.1. The van der Waals surface area contributed by atoms with Gasteiger partial charge in [0.25, 0.3) is 0 Å². The Labute approximate surface area is 581 Å². The number of carbonyl (C=O) groups is 4. The normalized spacial score (nSPS) is 14.1. The summed E-state index contributed by atoms with van der Waals surface area (Å²) in [5.74, 6) is 0.864. The van der Waals surface area contributed by atoms with Gasteiger partial charge in [-0.15, -0.1) is 0 Å². The summed E-state index contributed by atoms with van der Waals surface area (Å²) in [5.41, 5.74) is 0. The zero-order chi connectivity index (χ0) is 70.3. The molecule has 0 saturated carbocycles. The summed E-state index contributed by atoms with van der Waals surface area (Å²) in [6.07, 6.45) is 50.3. The number of hydrogen-bond donors (Lipinski definition) is 3. The molecule has 5 atom stereocenters. The average molecular weight is 1400 g/mol. The average Bonchev–Trinajstić information content (AvgIpc) is 1.20. The molecule has 0 spiro atoms. The first kappa shape index (κ1) is 93.1. The van der Waals surface area contributed by atoms with Crippen molar-refractivity contribution in [2.45, 2.75) is 401 Å². The molecule has 0 aromatic heterocycles. The standard InChI is InChI=1S/C76H148O17P2/c1-66(2)52-44-36-28-22-18-15-13-11-9-10-12-14-16-20-24-32-40-48-56-73(78)86-62-72(93-76(81)59-51-43-35-27-31-39-47-55-69(7)8)65-91-95(84,85)89-61-70(77)60-88-94(82,83)90-64-71(63-87-74(79)57-49-41-34-26-30-38-46-54-68(5)6)92-75(80)58-50-42-33-25-21-17-19-23-29-37-45-53-67(3)4/h66-72,77H,9-65H2,1-8H3,(H,82,83)(H,84,85)/t70?,71-,72-/m1/s1. The van der Waals surface area contributed by atoms with Gasteiger partial charge in [-0.2, -0.15) is 0 Å². The monoisotopic (exact) mass is 1400 g/mol. The van der Waals surface area contributed by atoms with Crippen molar-refractivity contribution in [3.8, 4) is 0 Å². The first-order valence-electron chi connectivity index (χ1n) is 39.2. The molecule has 564 valence electrons. The molecule has 95 heavy (non-hydrogen) atoms. The molecule has 0 amide bonds. The van der Waals surface area contributed by atoms with Crippen LogP contribution >= 0.6 is 15.6 Å². The number of esters is 4. The second-order valence-corrected chi connectivity index (χ2v) is 32.2. The molecule has 0 fully saturated rings. The Hall–Kier alpha value is -1.94. The SMILES string of the molecule is CC(C)CCCCCCCCCCCCCCCCCCCCC(=O)OC[C@H](COP(=O)(O)OCC(O)COP(=O)(O)OC[C@@H](COC(=O)CCCCCCCCCC(C)C)OC(=O)CCCCCCCCCCCCCC(C)C)OC(=O)CCCCCCCCCC(C)C. The number of hydrogen-bond acceptors (Lipinski definition) is 15. The summed E-state index contributed by atoms with van der Waals surface area (Å²) in [6, 6.07) is 0. The van der Waals surface area contributed by atoms with E-state index in [1.807, 2.05) is 0 Å². The van der Waals surface area contributed by atoms with Gasteiger partial charge in [-0.25, -0.2) is 9.13 Å². The lowest BCUT2D eigenvalue weighted by Gasteiger charge is -2.21. The summed E-state index contributed by atoms with van der Waals surface area (Å²) in [7, 11) is -9.91. The van der Waals surface area contributed by atoms with Crippen LogP contribution in [-0.4, -0.2) is 96.7 Å². The van der Waals surface area contributed by atoms with Crippen molar-refractivity contribution in [3.05, 3.63) is 0 Å². The van der Waals surface area contributed by atoms with Gasteiger partial charge in [0.1, 0.15) is 19.3 Å². The lowest BCUT2D eigenvalue weighted by Crippen LogP contribution is -2.30. The van der Waals surface area contributed by atoms with Crippen LogP contribution in [0.1, 0.15) is 383 Å². The molecule has 0 heterocycles. The molecule has 0 bridgehead atoms. The van der Waals surface area contributed by atoms with Crippen LogP contribution in [0.5, 0.6) is 0 Å². The van der Waals surface area contributed by atoms with Crippen molar-refractivity contribution < 1.29 is 80.2 Å². The number of aliphatic hydroxyl groups excluding tert-OH is 1. The third kappa shape index (κ3) is 70.3. The number of carbonyl (C=O) groups excluding carboxylic acids is 4. The van der Waals surface area contributed by atoms with Gasteiger partial charge in [-0.3, -0.25) is 37.3 Å². The molecule has 19 heteroatoms. The van der Waals surface area contributed by atoms with Crippen molar-refractivity contribution in [2.24, 2.45) is 23.7 Å². The van der Waals surface area contributed by atoms with Gasteiger partial charge >= 0.3 is 39.5 Å².